The number of likely N-dealkylation sites (tertiary alicyclic amines) is 1. The van der Waals surface area contributed by atoms with Crippen LogP contribution in [0.5, 0.6) is 0 Å². The second-order valence-electron chi connectivity index (χ2n) is 13.0. The number of hydrogen-bond donors (Lipinski definition) is 3. The fraction of sp³-hybridized carbons (Fsp3) is 0.600. The summed E-state index contributed by atoms with van der Waals surface area (Å²) >= 11 is 1.59. The van der Waals surface area contributed by atoms with Crippen LogP contribution in [0.3, 0.4) is 0 Å². The number of nitrogens with one attached hydrogen (secondary N) is 2. The topological polar surface area (TPSA) is 112 Å². The molecule has 0 radical (unpaired) electrons. The van der Waals surface area contributed by atoms with E-state index in [1.165, 1.54) is 24.2 Å². The van der Waals surface area contributed by atoms with Crippen LogP contribution in [0.25, 0.3) is 10.4 Å². The van der Waals surface area contributed by atoms with Gasteiger partial charge in [0.25, 0.3) is 0 Å². The van der Waals surface area contributed by atoms with Gasteiger partial charge in [0, 0.05) is 32.4 Å². The molecular weight excluding hydrogens is 572 g/mol. The van der Waals surface area contributed by atoms with Crippen LogP contribution in [0.4, 0.5) is 0 Å². The molecule has 1 aliphatic rings. The van der Waals surface area contributed by atoms with Crippen LogP contribution in [0.15, 0.2) is 29.8 Å². The molecule has 1 aliphatic heterocycles. The molecule has 1 aromatic carbocycles. The first kappa shape index (κ1) is 35.3. The molecule has 3 rings (SSSR count). The molecule has 1 aromatic heterocycles. The van der Waals surface area contributed by atoms with Crippen molar-refractivity contribution in [2.75, 3.05) is 6.54 Å². The summed E-state index contributed by atoms with van der Waals surface area (Å²) in [6, 6.07) is 6.35. The Kier molecular flexibility index (Phi) is 13.9. The van der Waals surface area contributed by atoms with Gasteiger partial charge in [0.2, 0.25) is 17.7 Å². The van der Waals surface area contributed by atoms with E-state index in [1.54, 1.807) is 11.3 Å². The maximum absolute atomic E-state index is 13.8. The number of hydrogen-bond acceptors (Lipinski definition) is 6. The van der Waals surface area contributed by atoms with Crippen LogP contribution in [-0.4, -0.2) is 57.4 Å². The Bertz CT molecular complexity index is 1260. The lowest BCUT2D eigenvalue weighted by atomic mass is 9.85. The Labute approximate surface area is 267 Å². The molecule has 8 nitrogen and oxygen atoms in total. The number of β-amino-alcohol motifs (C(OH)–C–C–N with tert-alkyl or cyclic N) is 1. The Morgan fingerprint density at radius 1 is 1.07 bits per heavy atom. The highest BCUT2D eigenvalue weighted by molar-refractivity contribution is 7.13. The van der Waals surface area contributed by atoms with Crippen LogP contribution < -0.4 is 10.6 Å². The van der Waals surface area contributed by atoms with E-state index < -0.39 is 23.6 Å². The maximum Gasteiger partial charge on any atom is 0.246 e. The smallest absolute Gasteiger partial charge is 0.246 e. The van der Waals surface area contributed by atoms with E-state index in [0.717, 1.165) is 60.2 Å². The summed E-state index contributed by atoms with van der Waals surface area (Å²) in [7, 11) is 0. The summed E-state index contributed by atoms with van der Waals surface area (Å²) < 4.78 is 0. The second kappa shape index (κ2) is 17.3. The summed E-state index contributed by atoms with van der Waals surface area (Å²) in [5.74, 6) is 1.87. The zero-order chi connectivity index (χ0) is 32.1. The van der Waals surface area contributed by atoms with Gasteiger partial charge in [0.15, 0.2) is 0 Å². The van der Waals surface area contributed by atoms with Crippen LogP contribution in [-0.2, 0) is 20.9 Å². The monoisotopic (exact) mass is 622 g/mol. The molecule has 3 amide bonds. The number of carbonyl (C=O) groups excluding carboxylic acids is 3. The van der Waals surface area contributed by atoms with Gasteiger partial charge in [-0.25, -0.2) is 4.98 Å². The third kappa shape index (κ3) is 10.7. The van der Waals surface area contributed by atoms with E-state index in [0.29, 0.717) is 13.0 Å². The number of nitrogens with zero attached hydrogens (tertiary/aromatic N) is 2. The molecule has 0 bridgehead atoms. The average Bonchev–Trinajstić information content (AvgIpc) is 3.60. The van der Waals surface area contributed by atoms with Crippen molar-refractivity contribution in [3.05, 3.63) is 41.0 Å². The molecule has 1 saturated heterocycles. The van der Waals surface area contributed by atoms with E-state index in [1.807, 2.05) is 57.5 Å². The van der Waals surface area contributed by atoms with Gasteiger partial charge in [-0.1, -0.05) is 83.6 Å². The number of carbonyl (C=O) groups is 3. The summed E-state index contributed by atoms with van der Waals surface area (Å²) in [6.45, 7) is 8.05. The van der Waals surface area contributed by atoms with Gasteiger partial charge < -0.3 is 20.6 Å². The first-order valence-electron chi connectivity index (χ1n) is 16.0. The molecule has 240 valence electrons. The Morgan fingerprint density at radius 3 is 2.30 bits per heavy atom. The molecular formula is C35H50N4O4S. The lowest BCUT2D eigenvalue weighted by Gasteiger charge is -2.35. The average molecular weight is 623 g/mol. The van der Waals surface area contributed by atoms with Crippen molar-refractivity contribution >= 4 is 29.1 Å². The number of rotatable bonds is 16. The van der Waals surface area contributed by atoms with Crippen molar-refractivity contribution in [3.63, 3.8) is 0 Å². The number of aliphatic hydroxyl groups excluding tert-OH is 1. The highest BCUT2D eigenvalue weighted by Gasteiger charge is 2.44. The van der Waals surface area contributed by atoms with Crippen molar-refractivity contribution < 1.29 is 19.5 Å². The summed E-state index contributed by atoms with van der Waals surface area (Å²) in [5.41, 5.74) is 4.25. The minimum absolute atomic E-state index is 0.0605. The summed E-state index contributed by atoms with van der Waals surface area (Å²) in [5, 5.41) is 16.3. The highest BCUT2D eigenvalue weighted by atomic mass is 32.1. The maximum atomic E-state index is 13.8. The van der Waals surface area contributed by atoms with Gasteiger partial charge in [-0.3, -0.25) is 14.4 Å². The van der Waals surface area contributed by atoms with Crippen molar-refractivity contribution in [3.8, 4) is 22.8 Å². The molecule has 9 heteroatoms. The number of aliphatic hydroxyl groups is 1. The largest absolute Gasteiger partial charge is 0.391 e. The third-order valence-electron chi connectivity index (χ3n) is 8.19. The first-order valence-corrected chi connectivity index (χ1v) is 16.9. The van der Waals surface area contributed by atoms with Gasteiger partial charge >= 0.3 is 0 Å². The Hall–Kier alpha value is -3.22. The predicted molar refractivity (Wildman–Crippen MR) is 177 cm³/mol. The second-order valence-corrected chi connectivity index (χ2v) is 13.8. The molecule has 0 unspecified atom stereocenters. The van der Waals surface area contributed by atoms with E-state index in [9.17, 15) is 19.5 Å². The van der Waals surface area contributed by atoms with Gasteiger partial charge in [-0.2, -0.15) is 0 Å². The van der Waals surface area contributed by atoms with Crippen molar-refractivity contribution in [2.24, 2.45) is 5.41 Å². The van der Waals surface area contributed by atoms with Crippen molar-refractivity contribution in [1.82, 2.24) is 20.5 Å². The minimum Gasteiger partial charge on any atom is -0.391 e. The number of aromatic nitrogens is 1. The number of unbranched alkanes of at least 4 members (excludes halogenated alkanes) is 8. The van der Waals surface area contributed by atoms with Gasteiger partial charge in [0.1, 0.15) is 12.1 Å². The van der Waals surface area contributed by atoms with Crippen LogP contribution >= 0.6 is 11.3 Å². The number of aryl methyl sites for hydroxylation is 1. The van der Waals surface area contributed by atoms with E-state index in [-0.39, 0.29) is 30.7 Å². The zero-order valence-electron chi connectivity index (χ0n) is 26.9. The molecule has 2 heterocycles. The van der Waals surface area contributed by atoms with Crippen molar-refractivity contribution in [1.29, 1.82) is 0 Å². The van der Waals surface area contributed by atoms with Crippen LogP contribution in [0, 0.1) is 24.7 Å². The van der Waals surface area contributed by atoms with Crippen molar-refractivity contribution in [2.45, 2.75) is 123 Å². The quantitative estimate of drug-likeness (QED) is 0.163. The standard InChI is InChI=1S/C35H50N4O4S/c1-6-7-8-9-10-11-12-13-14-15-16-30(41)38-32(35(3,4)5)34(43)39-23-28(40)21-29(39)33(42)36-22-26-17-19-27(20-18-26)31-25(2)37-24-44-31/h1,17-20,24,28-29,32,40H,7-16,21-23H2,2-5H3,(H,36,42)(H,38,41)/t28-,29+,32-/m1/s1. The molecule has 2 aromatic rings. The molecule has 3 N–H and O–H groups in total. The first-order chi connectivity index (χ1) is 21.0. The minimum atomic E-state index is -0.804. The van der Waals surface area contributed by atoms with E-state index in [2.05, 4.69) is 21.5 Å². The molecule has 44 heavy (non-hydrogen) atoms. The van der Waals surface area contributed by atoms with Crippen LogP contribution in [0.1, 0.15) is 103 Å². The fourth-order valence-corrected chi connectivity index (χ4v) is 6.40. The SMILES string of the molecule is C#CCCCCCCCCCCC(=O)N[C@H](C(=O)N1C[C@H](O)C[C@H]1C(=O)NCc1ccc(-c2scnc2C)cc1)C(C)(C)C. The molecule has 0 spiro atoms. The van der Waals surface area contributed by atoms with E-state index in [4.69, 9.17) is 6.42 Å². The van der Waals surface area contributed by atoms with Crippen LogP contribution in [0.2, 0.25) is 0 Å². The lowest BCUT2D eigenvalue weighted by Crippen LogP contribution is -2.57. The normalized spacial score (nSPS) is 17.2. The number of terminal acetylenes is 1. The predicted octanol–water partition coefficient (Wildman–Crippen LogP) is 5.76. The molecule has 1 fully saturated rings. The number of benzene rings is 1. The highest BCUT2D eigenvalue weighted by Crippen LogP contribution is 2.28. The van der Waals surface area contributed by atoms with Gasteiger partial charge in [-0.15, -0.1) is 23.7 Å². The summed E-state index contributed by atoms with van der Waals surface area (Å²) in [4.78, 5) is 46.8. The molecule has 0 aliphatic carbocycles. The number of thiazole rings is 1. The Balaban J connectivity index is 1.50. The van der Waals surface area contributed by atoms with Gasteiger partial charge in [-0.05, 0) is 36.3 Å². The fourth-order valence-electron chi connectivity index (χ4n) is 5.59. The molecule has 0 saturated carbocycles. The third-order valence-corrected chi connectivity index (χ3v) is 9.16. The van der Waals surface area contributed by atoms with E-state index >= 15 is 0 Å². The number of amides is 3. The zero-order valence-corrected chi connectivity index (χ0v) is 27.7. The summed E-state index contributed by atoms with van der Waals surface area (Å²) in [6.07, 6.45) is 14.5. The lowest BCUT2D eigenvalue weighted by molar-refractivity contribution is -0.144. The van der Waals surface area contributed by atoms with Gasteiger partial charge in [0.05, 0.1) is 22.2 Å². The molecule has 3 atom stereocenters. The Morgan fingerprint density at radius 2 is 1.70 bits per heavy atom.